The van der Waals surface area contributed by atoms with Crippen molar-refractivity contribution in [3.05, 3.63) is 35.2 Å². The van der Waals surface area contributed by atoms with Crippen LogP contribution in [0.2, 0.25) is 5.15 Å². The molecule has 20 heavy (non-hydrogen) atoms. The number of rotatable bonds is 3. The lowest BCUT2D eigenvalue weighted by Crippen LogP contribution is -2.23. The highest BCUT2D eigenvalue weighted by Crippen LogP contribution is 2.42. The molecule has 1 aliphatic carbocycles. The van der Waals surface area contributed by atoms with Crippen molar-refractivity contribution in [2.75, 3.05) is 0 Å². The first-order valence-electron chi connectivity index (χ1n) is 6.83. The number of aromatic nitrogens is 3. The molecular formula is C15H18ClN3O. The summed E-state index contributed by atoms with van der Waals surface area (Å²) in [5.74, 6) is 2.03. The van der Waals surface area contributed by atoms with Crippen molar-refractivity contribution in [2.24, 2.45) is 0 Å². The maximum Gasteiger partial charge on any atom is 0.218 e. The van der Waals surface area contributed by atoms with E-state index in [1.54, 1.807) is 18.3 Å². The molecule has 4 nitrogen and oxygen atoms in total. The lowest BCUT2D eigenvalue weighted by Gasteiger charge is -2.21. The standard InChI is InChI=1S/C15H18ClN3O/c1-15(2,3)19-14(9-12(18-19)10-4-5-10)20-11-6-7-17-13(16)8-11/h6-10H,4-5H2,1-3H3. The fourth-order valence-corrected chi connectivity index (χ4v) is 2.25. The van der Waals surface area contributed by atoms with Crippen molar-refractivity contribution in [2.45, 2.75) is 45.1 Å². The van der Waals surface area contributed by atoms with Gasteiger partial charge in [0.1, 0.15) is 10.9 Å². The van der Waals surface area contributed by atoms with Gasteiger partial charge in [-0.05, 0) is 39.7 Å². The highest BCUT2D eigenvalue weighted by molar-refractivity contribution is 6.29. The molecule has 1 fully saturated rings. The normalized spacial score (nSPS) is 15.4. The Kier molecular flexibility index (Phi) is 3.21. The zero-order valence-electron chi connectivity index (χ0n) is 11.9. The van der Waals surface area contributed by atoms with Crippen LogP contribution in [0.3, 0.4) is 0 Å². The molecule has 2 aromatic heterocycles. The minimum absolute atomic E-state index is 0.126. The Bertz CT molecular complexity index is 626. The fraction of sp³-hybridized carbons (Fsp3) is 0.467. The SMILES string of the molecule is CC(C)(C)n1nc(C2CC2)cc1Oc1ccnc(Cl)c1. The first kappa shape index (κ1) is 13.4. The van der Waals surface area contributed by atoms with Crippen LogP contribution in [0.5, 0.6) is 11.6 Å². The summed E-state index contributed by atoms with van der Waals surface area (Å²) in [5.41, 5.74) is 0.995. The molecule has 0 saturated heterocycles. The number of hydrogen-bond acceptors (Lipinski definition) is 3. The summed E-state index contributed by atoms with van der Waals surface area (Å²) in [6.45, 7) is 6.34. The van der Waals surface area contributed by atoms with Crippen molar-refractivity contribution in [3.63, 3.8) is 0 Å². The van der Waals surface area contributed by atoms with Crippen LogP contribution in [-0.2, 0) is 5.54 Å². The van der Waals surface area contributed by atoms with Gasteiger partial charge in [-0.25, -0.2) is 9.67 Å². The van der Waals surface area contributed by atoms with Crippen LogP contribution in [-0.4, -0.2) is 14.8 Å². The summed E-state index contributed by atoms with van der Waals surface area (Å²) in [7, 11) is 0. The van der Waals surface area contributed by atoms with Gasteiger partial charge in [0, 0.05) is 24.2 Å². The molecule has 0 unspecified atom stereocenters. The molecular weight excluding hydrogens is 274 g/mol. The Hall–Kier alpha value is -1.55. The number of halogens is 1. The zero-order chi connectivity index (χ0) is 14.3. The summed E-state index contributed by atoms with van der Waals surface area (Å²) in [4.78, 5) is 3.96. The van der Waals surface area contributed by atoms with Crippen LogP contribution in [0.4, 0.5) is 0 Å². The van der Waals surface area contributed by atoms with Crippen molar-refractivity contribution in [1.82, 2.24) is 14.8 Å². The Morgan fingerprint density at radius 2 is 2.05 bits per heavy atom. The Balaban J connectivity index is 1.95. The van der Waals surface area contributed by atoms with E-state index >= 15 is 0 Å². The van der Waals surface area contributed by atoms with Crippen molar-refractivity contribution in [3.8, 4) is 11.6 Å². The molecule has 3 rings (SSSR count). The zero-order valence-corrected chi connectivity index (χ0v) is 12.7. The molecule has 0 N–H and O–H groups in total. The van der Waals surface area contributed by atoms with Gasteiger partial charge in [0.05, 0.1) is 11.2 Å². The molecule has 0 amide bonds. The number of hydrogen-bond donors (Lipinski definition) is 0. The van der Waals surface area contributed by atoms with Crippen molar-refractivity contribution in [1.29, 1.82) is 0 Å². The third-order valence-electron chi connectivity index (χ3n) is 3.25. The topological polar surface area (TPSA) is 39.9 Å². The van der Waals surface area contributed by atoms with Crippen LogP contribution in [0.25, 0.3) is 0 Å². The van der Waals surface area contributed by atoms with E-state index < -0.39 is 0 Å². The van der Waals surface area contributed by atoms with Gasteiger partial charge in [0.2, 0.25) is 5.88 Å². The molecule has 106 valence electrons. The monoisotopic (exact) mass is 291 g/mol. The quantitative estimate of drug-likeness (QED) is 0.789. The van der Waals surface area contributed by atoms with E-state index in [2.05, 4.69) is 25.8 Å². The van der Waals surface area contributed by atoms with Gasteiger partial charge in [-0.2, -0.15) is 5.10 Å². The molecule has 2 aromatic rings. The van der Waals surface area contributed by atoms with Gasteiger partial charge in [0.15, 0.2) is 0 Å². The third kappa shape index (κ3) is 2.80. The van der Waals surface area contributed by atoms with Crippen LogP contribution in [0.1, 0.15) is 45.2 Å². The lowest BCUT2D eigenvalue weighted by molar-refractivity contribution is 0.301. The molecule has 5 heteroatoms. The van der Waals surface area contributed by atoms with E-state index in [1.807, 2.05) is 10.7 Å². The first-order valence-corrected chi connectivity index (χ1v) is 7.21. The van der Waals surface area contributed by atoms with E-state index in [0.29, 0.717) is 16.8 Å². The highest BCUT2D eigenvalue weighted by atomic mass is 35.5. The van der Waals surface area contributed by atoms with E-state index in [-0.39, 0.29) is 5.54 Å². The number of ether oxygens (including phenoxy) is 1. The Morgan fingerprint density at radius 1 is 1.30 bits per heavy atom. The molecule has 0 aliphatic heterocycles. The fourth-order valence-electron chi connectivity index (χ4n) is 2.08. The predicted octanol–water partition coefficient (Wildman–Crippen LogP) is 4.36. The molecule has 1 saturated carbocycles. The van der Waals surface area contributed by atoms with Crippen LogP contribution < -0.4 is 4.74 Å². The largest absolute Gasteiger partial charge is 0.439 e. The van der Waals surface area contributed by atoms with Gasteiger partial charge >= 0.3 is 0 Å². The Labute approximate surface area is 123 Å². The number of nitrogens with zero attached hydrogens (tertiary/aromatic N) is 3. The van der Waals surface area contributed by atoms with Gasteiger partial charge in [-0.15, -0.1) is 0 Å². The van der Waals surface area contributed by atoms with Crippen molar-refractivity contribution < 1.29 is 4.74 Å². The second-order valence-corrected chi connectivity index (χ2v) is 6.57. The molecule has 0 bridgehead atoms. The summed E-state index contributed by atoms with van der Waals surface area (Å²) in [6.07, 6.45) is 4.08. The summed E-state index contributed by atoms with van der Waals surface area (Å²) < 4.78 is 7.89. The van der Waals surface area contributed by atoms with Gasteiger partial charge in [-0.3, -0.25) is 0 Å². The second-order valence-electron chi connectivity index (χ2n) is 6.18. The summed E-state index contributed by atoms with van der Waals surface area (Å²) >= 11 is 5.89. The highest BCUT2D eigenvalue weighted by Gasteiger charge is 2.30. The van der Waals surface area contributed by atoms with E-state index in [0.717, 1.165) is 11.6 Å². The molecule has 0 radical (unpaired) electrons. The van der Waals surface area contributed by atoms with Gasteiger partial charge < -0.3 is 4.74 Å². The smallest absolute Gasteiger partial charge is 0.218 e. The van der Waals surface area contributed by atoms with Crippen LogP contribution in [0.15, 0.2) is 24.4 Å². The summed E-state index contributed by atoms with van der Waals surface area (Å²) in [5, 5.41) is 5.13. The van der Waals surface area contributed by atoms with Crippen molar-refractivity contribution >= 4 is 11.6 Å². The van der Waals surface area contributed by atoms with E-state index in [9.17, 15) is 0 Å². The molecule has 1 aliphatic rings. The van der Waals surface area contributed by atoms with Gasteiger partial charge in [0.25, 0.3) is 0 Å². The average Bonchev–Trinajstić information content (AvgIpc) is 3.10. The minimum atomic E-state index is -0.126. The van der Waals surface area contributed by atoms with Crippen LogP contribution >= 0.6 is 11.6 Å². The second kappa shape index (κ2) is 4.77. The van der Waals surface area contributed by atoms with E-state index in [4.69, 9.17) is 21.4 Å². The third-order valence-corrected chi connectivity index (χ3v) is 3.45. The predicted molar refractivity (Wildman–Crippen MR) is 78.5 cm³/mol. The maximum atomic E-state index is 5.95. The number of pyridine rings is 1. The molecule has 2 heterocycles. The lowest BCUT2D eigenvalue weighted by atomic mass is 10.1. The summed E-state index contributed by atoms with van der Waals surface area (Å²) in [6, 6.07) is 5.54. The van der Waals surface area contributed by atoms with Gasteiger partial charge in [-0.1, -0.05) is 11.6 Å². The Morgan fingerprint density at radius 3 is 2.65 bits per heavy atom. The first-order chi connectivity index (χ1) is 9.43. The molecule has 0 atom stereocenters. The maximum absolute atomic E-state index is 5.95. The van der Waals surface area contributed by atoms with Crippen LogP contribution in [0, 0.1) is 0 Å². The minimum Gasteiger partial charge on any atom is -0.439 e. The average molecular weight is 292 g/mol. The molecule has 0 aromatic carbocycles. The van der Waals surface area contributed by atoms with E-state index in [1.165, 1.54) is 12.8 Å². The molecule has 0 spiro atoms.